The van der Waals surface area contributed by atoms with Gasteiger partial charge in [0.1, 0.15) is 0 Å². The Morgan fingerprint density at radius 3 is 2.56 bits per heavy atom. The Labute approximate surface area is 71.5 Å². The quantitative estimate of drug-likeness (QED) is 0.743. The third-order valence-corrected chi connectivity index (χ3v) is 0.935. The second kappa shape index (κ2) is 4.69. The predicted molar refractivity (Wildman–Crippen MR) is 47.5 cm³/mol. The molecule has 0 radical (unpaired) electrons. The molecule has 1 aromatic heterocycles. The smallest absolute Gasteiger partial charge is 0.0539 e. The molecule has 1 aromatic rings. The summed E-state index contributed by atoms with van der Waals surface area (Å²) in [5.41, 5.74) is 6.22. The third kappa shape index (κ3) is 2.76. The Morgan fingerprint density at radius 1 is 1.44 bits per heavy atom. The zero-order valence-electron chi connectivity index (χ0n) is 4.95. The van der Waals surface area contributed by atoms with Crippen molar-refractivity contribution in [3.05, 3.63) is 30.1 Å². The molecular formula is C6H9IN2. The highest BCUT2D eigenvalue weighted by Gasteiger charge is 1.81. The lowest BCUT2D eigenvalue weighted by Crippen LogP contribution is -1.97. The Bertz CT molecular complexity index is 152. The highest BCUT2D eigenvalue weighted by atomic mass is 127. The van der Waals surface area contributed by atoms with E-state index in [1.165, 1.54) is 0 Å². The molecule has 0 aliphatic heterocycles. The van der Waals surface area contributed by atoms with Crippen molar-refractivity contribution in [2.75, 3.05) is 0 Å². The summed E-state index contributed by atoms with van der Waals surface area (Å²) >= 11 is 0. The molecule has 0 aliphatic rings. The van der Waals surface area contributed by atoms with Crippen LogP contribution in [0.1, 0.15) is 5.69 Å². The maximum atomic E-state index is 5.29. The van der Waals surface area contributed by atoms with Gasteiger partial charge in [-0.1, -0.05) is 6.07 Å². The number of aromatic nitrogens is 1. The highest BCUT2D eigenvalue weighted by Crippen LogP contribution is 1.88. The highest BCUT2D eigenvalue weighted by molar-refractivity contribution is 14.0. The van der Waals surface area contributed by atoms with Gasteiger partial charge in [-0.25, -0.2) is 0 Å². The third-order valence-electron chi connectivity index (χ3n) is 0.935. The van der Waals surface area contributed by atoms with E-state index >= 15 is 0 Å². The van der Waals surface area contributed by atoms with E-state index in [0.29, 0.717) is 6.54 Å². The fourth-order valence-electron chi connectivity index (χ4n) is 0.519. The van der Waals surface area contributed by atoms with Crippen LogP contribution in [0.3, 0.4) is 0 Å². The van der Waals surface area contributed by atoms with Crippen molar-refractivity contribution in [3.63, 3.8) is 0 Å². The van der Waals surface area contributed by atoms with E-state index < -0.39 is 0 Å². The number of nitrogens with zero attached hydrogens (tertiary/aromatic N) is 1. The SMILES string of the molecule is I.NCc1ccccn1. The fourth-order valence-corrected chi connectivity index (χ4v) is 0.519. The van der Waals surface area contributed by atoms with Gasteiger partial charge in [0, 0.05) is 12.7 Å². The van der Waals surface area contributed by atoms with Crippen molar-refractivity contribution in [1.82, 2.24) is 4.98 Å². The van der Waals surface area contributed by atoms with Crippen molar-refractivity contribution < 1.29 is 0 Å². The van der Waals surface area contributed by atoms with Gasteiger partial charge in [0.25, 0.3) is 0 Å². The normalized spacial score (nSPS) is 8.11. The summed E-state index contributed by atoms with van der Waals surface area (Å²) in [5.74, 6) is 0. The number of pyridine rings is 1. The van der Waals surface area contributed by atoms with Crippen LogP contribution < -0.4 is 5.73 Å². The number of nitrogens with two attached hydrogens (primary N) is 1. The first-order valence-electron chi connectivity index (χ1n) is 2.53. The van der Waals surface area contributed by atoms with Crippen molar-refractivity contribution in [2.45, 2.75) is 6.54 Å². The van der Waals surface area contributed by atoms with E-state index in [0.717, 1.165) is 5.69 Å². The summed E-state index contributed by atoms with van der Waals surface area (Å²) in [6, 6.07) is 5.70. The Kier molecular flexibility index (Phi) is 4.61. The van der Waals surface area contributed by atoms with Crippen LogP contribution in [-0.2, 0) is 6.54 Å². The lowest BCUT2D eigenvalue weighted by Gasteiger charge is -1.89. The first-order chi connectivity index (χ1) is 3.93. The van der Waals surface area contributed by atoms with Gasteiger partial charge in [-0.3, -0.25) is 4.98 Å². The van der Waals surface area contributed by atoms with Crippen LogP contribution >= 0.6 is 24.0 Å². The molecule has 2 N–H and O–H groups in total. The van der Waals surface area contributed by atoms with Gasteiger partial charge in [-0.05, 0) is 12.1 Å². The summed E-state index contributed by atoms with van der Waals surface area (Å²) in [6.07, 6.45) is 1.74. The van der Waals surface area contributed by atoms with Crippen molar-refractivity contribution in [1.29, 1.82) is 0 Å². The van der Waals surface area contributed by atoms with E-state index in [9.17, 15) is 0 Å². The van der Waals surface area contributed by atoms with Crippen LogP contribution in [-0.4, -0.2) is 4.98 Å². The average molecular weight is 236 g/mol. The molecule has 0 fully saturated rings. The van der Waals surface area contributed by atoms with Crippen molar-refractivity contribution >= 4 is 24.0 Å². The molecule has 0 saturated heterocycles. The molecule has 2 nitrogen and oxygen atoms in total. The van der Waals surface area contributed by atoms with Crippen molar-refractivity contribution in [2.24, 2.45) is 5.73 Å². The van der Waals surface area contributed by atoms with E-state index in [-0.39, 0.29) is 24.0 Å². The van der Waals surface area contributed by atoms with Gasteiger partial charge in [-0.2, -0.15) is 0 Å². The monoisotopic (exact) mass is 236 g/mol. The topological polar surface area (TPSA) is 38.9 Å². The van der Waals surface area contributed by atoms with E-state index in [1.54, 1.807) is 6.20 Å². The maximum Gasteiger partial charge on any atom is 0.0539 e. The van der Waals surface area contributed by atoms with Gasteiger partial charge >= 0.3 is 0 Å². The van der Waals surface area contributed by atoms with Gasteiger partial charge in [0.15, 0.2) is 0 Å². The first kappa shape index (κ1) is 8.84. The lowest BCUT2D eigenvalue weighted by molar-refractivity contribution is 0.991. The summed E-state index contributed by atoms with van der Waals surface area (Å²) in [7, 11) is 0. The molecule has 0 spiro atoms. The van der Waals surface area contributed by atoms with Crippen LogP contribution in [0.2, 0.25) is 0 Å². The molecule has 0 aromatic carbocycles. The Morgan fingerprint density at radius 2 is 2.22 bits per heavy atom. The zero-order valence-corrected chi connectivity index (χ0v) is 7.28. The second-order valence-corrected chi connectivity index (χ2v) is 1.53. The van der Waals surface area contributed by atoms with Gasteiger partial charge < -0.3 is 5.73 Å². The molecular weight excluding hydrogens is 227 g/mol. The zero-order chi connectivity index (χ0) is 5.82. The lowest BCUT2D eigenvalue weighted by atomic mass is 10.4. The van der Waals surface area contributed by atoms with Gasteiger partial charge in [-0.15, -0.1) is 24.0 Å². The largest absolute Gasteiger partial charge is 0.325 e. The number of hydrogen-bond acceptors (Lipinski definition) is 2. The number of halogens is 1. The number of rotatable bonds is 1. The van der Waals surface area contributed by atoms with Crippen LogP contribution in [0.4, 0.5) is 0 Å². The predicted octanol–water partition coefficient (Wildman–Crippen LogP) is 1.16. The molecule has 0 aliphatic carbocycles. The van der Waals surface area contributed by atoms with Gasteiger partial charge in [0.2, 0.25) is 0 Å². The maximum absolute atomic E-state index is 5.29. The molecule has 0 bridgehead atoms. The average Bonchev–Trinajstić information content (AvgIpc) is 1.90. The van der Waals surface area contributed by atoms with Crippen LogP contribution in [0.25, 0.3) is 0 Å². The molecule has 1 heterocycles. The second-order valence-electron chi connectivity index (χ2n) is 1.53. The van der Waals surface area contributed by atoms with Crippen LogP contribution in [0.15, 0.2) is 24.4 Å². The first-order valence-corrected chi connectivity index (χ1v) is 2.53. The molecule has 0 saturated carbocycles. The van der Waals surface area contributed by atoms with E-state index in [4.69, 9.17) is 5.73 Å². The summed E-state index contributed by atoms with van der Waals surface area (Å²) in [6.45, 7) is 0.529. The van der Waals surface area contributed by atoms with Gasteiger partial charge in [0.05, 0.1) is 5.69 Å². The van der Waals surface area contributed by atoms with Crippen molar-refractivity contribution in [3.8, 4) is 0 Å². The molecule has 3 heteroatoms. The Hall–Kier alpha value is -0.160. The molecule has 0 atom stereocenters. The summed E-state index contributed by atoms with van der Waals surface area (Å²) < 4.78 is 0. The standard InChI is InChI=1S/C6H8N2.HI/c7-5-6-3-1-2-4-8-6;/h1-4H,5,7H2;1H. The minimum atomic E-state index is 0. The fraction of sp³-hybridized carbons (Fsp3) is 0.167. The molecule has 9 heavy (non-hydrogen) atoms. The molecule has 0 amide bonds. The Balaban J connectivity index is 0.000000640. The summed E-state index contributed by atoms with van der Waals surface area (Å²) in [5, 5.41) is 0. The minimum absolute atomic E-state index is 0. The van der Waals surface area contributed by atoms with E-state index in [2.05, 4.69) is 4.98 Å². The summed E-state index contributed by atoms with van der Waals surface area (Å²) in [4.78, 5) is 3.97. The number of hydrogen-bond donors (Lipinski definition) is 1. The van der Waals surface area contributed by atoms with E-state index in [1.807, 2.05) is 18.2 Å². The molecule has 1 rings (SSSR count). The molecule has 50 valence electrons. The van der Waals surface area contributed by atoms with Crippen LogP contribution in [0, 0.1) is 0 Å². The molecule has 0 unspecified atom stereocenters. The van der Waals surface area contributed by atoms with Crippen LogP contribution in [0.5, 0.6) is 0 Å². The minimum Gasteiger partial charge on any atom is -0.325 e.